The molecule has 0 atom stereocenters. The van der Waals surface area contributed by atoms with Crippen LogP contribution >= 0.6 is 15.9 Å². The lowest BCUT2D eigenvalue weighted by atomic mass is 9.66. The molecular weight excluding hydrogens is 322 g/mol. The van der Waals surface area contributed by atoms with E-state index in [4.69, 9.17) is 10.5 Å². The molecule has 5 heteroatoms. The van der Waals surface area contributed by atoms with E-state index >= 15 is 0 Å². The summed E-state index contributed by atoms with van der Waals surface area (Å²) in [4.78, 5) is 23.6. The van der Waals surface area contributed by atoms with Crippen LogP contribution in [0, 0.1) is 5.92 Å². The predicted molar refractivity (Wildman–Crippen MR) is 79.0 cm³/mol. The van der Waals surface area contributed by atoms with Crippen LogP contribution in [-0.4, -0.2) is 19.0 Å². The van der Waals surface area contributed by atoms with Crippen LogP contribution in [0.3, 0.4) is 0 Å². The first-order chi connectivity index (χ1) is 9.49. The molecule has 2 rings (SSSR count). The molecule has 0 aliphatic heterocycles. The number of rotatable bonds is 3. The lowest BCUT2D eigenvalue weighted by Gasteiger charge is -2.37. The number of benzene rings is 1. The van der Waals surface area contributed by atoms with Gasteiger partial charge in [0.25, 0.3) is 0 Å². The molecular formula is C15H18BrNO3. The van der Waals surface area contributed by atoms with Gasteiger partial charge in [0, 0.05) is 4.47 Å². The smallest absolute Gasteiger partial charge is 0.308 e. The van der Waals surface area contributed by atoms with Gasteiger partial charge < -0.3 is 10.5 Å². The minimum atomic E-state index is -0.661. The van der Waals surface area contributed by atoms with Gasteiger partial charge in [0.05, 0.1) is 18.4 Å². The largest absolute Gasteiger partial charge is 0.469 e. The van der Waals surface area contributed by atoms with Crippen molar-refractivity contribution in [2.24, 2.45) is 11.7 Å². The second-order valence-electron chi connectivity index (χ2n) is 5.25. The Bertz CT molecular complexity index is 504. The van der Waals surface area contributed by atoms with Crippen molar-refractivity contribution in [1.29, 1.82) is 0 Å². The highest BCUT2D eigenvalue weighted by atomic mass is 79.9. The number of primary amides is 1. The van der Waals surface area contributed by atoms with Gasteiger partial charge in [0.15, 0.2) is 0 Å². The van der Waals surface area contributed by atoms with Crippen molar-refractivity contribution in [2.75, 3.05) is 7.11 Å². The lowest BCUT2D eigenvalue weighted by Crippen LogP contribution is -2.45. The Labute approximate surface area is 126 Å². The summed E-state index contributed by atoms with van der Waals surface area (Å²) in [6.45, 7) is 0. The first-order valence-electron chi connectivity index (χ1n) is 6.63. The molecule has 2 N–H and O–H groups in total. The zero-order chi connectivity index (χ0) is 14.8. The molecule has 0 unspecified atom stereocenters. The topological polar surface area (TPSA) is 69.4 Å². The predicted octanol–water partition coefficient (Wildman–Crippen LogP) is 2.54. The van der Waals surface area contributed by atoms with Crippen LogP contribution in [0.4, 0.5) is 0 Å². The van der Waals surface area contributed by atoms with Gasteiger partial charge in [0.2, 0.25) is 5.91 Å². The average molecular weight is 340 g/mol. The number of methoxy groups -OCH3 is 1. The zero-order valence-corrected chi connectivity index (χ0v) is 13.0. The van der Waals surface area contributed by atoms with Crippen LogP contribution in [-0.2, 0) is 19.7 Å². The minimum Gasteiger partial charge on any atom is -0.469 e. The molecule has 1 aromatic rings. The monoisotopic (exact) mass is 339 g/mol. The van der Waals surface area contributed by atoms with Crippen molar-refractivity contribution in [3.63, 3.8) is 0 Å². The molecule has 1 aliphatic carbocycles. The first kappa shape index (κ1) is 15.0. The number of hydrogen-bond acceptors (Lipinski definition) is 3. The minimum absolute atomic E-state index is 0.122. The molecule has 0 radical (unpaired) electrons. The summed E-state index contributed by atoms with van der Waals surface area (Å²) in [7, 11) is 1.40. The van der Waals surface area contributed by atoms with Crippen LogP contribution in [0.5, 0.6) is 0 Å². The van der Waals surface area contributed by atoms with Crippen LogP contribution in [0.15, 0.2) is 28.7 Å². The van der Waals surface area contributed by atoms with Gasteiger partial charge in [-0.25, -0.2) is 0 Å². The van der Waals surface area contributed by atoms with Gasteiger partial charge in [-0.3, -0.25) is 9.59 Å². The van der Waals surface area contributed by atoms with E-state index in [1.54, 1.807) is 0 Å². The second-order valence-corrected chi connectivity index (χ2v) is 6.17. The first-order valence-corrected chi connectivity index (χ1v) is 7.42. The van der Waals surface area contributed by atoms with Gasteiger partial charge in [-0.15, -0.1) is 0 Å². The van der Waals surface area contributed by atoms with Crippen molar-refractivity contribution < 1.29 is 14.3 Å². The van der Waals surface area contributed by atoms with Crippen molar-refractivity contribution >= 4 is 27.8 Å². The number of esters is 1. The number of carbonyl (C=O) groups is 2. The van der Waals surface area contributed by atoms with Crippen LogP contribution in [0.25, 0.3) is 0 Å². The summed E-state index contributed by atoms with van der Waals surface area (Å²) in [6, 6.07) is 7.67. The Hall–Kier alpha value is -1.36. The Morgan fingerprint density at radius 3 is 2.25 bits per heavy atom. The van der Waals surface area contributed by atoms with Crippen LogP contribution in [0.2, 0.25) is 0 Å². The standard InChI is InChI=1S/C15H18BrNO3/c1-20-13(18)10-6-8-15(9-7-10,14(17)19)11-2-4-12(16)5-3-11/h2-5,10H,6-9H2,1H3,(H2,17,19). The maximum atomic E-state index is 12.0. The van der Waals surface area contributed by atoms with E-state index in [1.165, 1.54) is 7.11 Å². The molecule has 1 saturated carbocycles. The molecule has 1 fully saturated rings. The van der Waals surface area contributed by atoms with E-state index in [0.29, 0.717) is 25.7 Å². The summed E-state index contributed by atoms with van der Waals surface area (Å²) in [5.41, 5.74) is 5.93. The van der Waals surface area contributed by atoms with Crippen molar-refractivity contribution in [1.82, 2.24) is 0 Å². The fourth-order valence-electron chi connectivity index (χ4n) is 2.96. The van der Waals surface area contributed by atoms with Crippen LogP contribution in [0.1, 0.15) is 31.2 Å². The summed E-state index contributed by atoms with van der Waals surface area (Å²) in [5.74, 6) is -0.634. The SMILES string of the molecule is COC(=O)C1CCC(C(N)=O)(c2ccc(Br)cc2)CC1. The molecule has 0 saturated heterocycles. The highest BCUT2D eigenvalue weighted by Crippen LogP contribution is 2.42. The van der Waals surface area contributed by atoms with Gasteiger partial charge in [-0.05, 0) is 43.4 Å². The van der Waals surface area contributed by atoms with E-state index in [0.717, 1.165) is 10.0 Å². The molecule has 1 aliphatic rings. The number of amides is 1. The van der Waals surface area contributed by atoms with Gasteiger partial charge >= 0.3 is 5.97 Å². The Morgan fingerprint density at radius 2 is 1.80 bits per heavy atom. The molecule has 0 bridgehead atoms. The molecule has 0 spiro atoms. The Kier molecular flexibility index (Phi) is 4.48. The summed E-state index contributed by atoms with van der Waals surface area (Å²) in [5, 5.41) is 0. The Morgan fingerprint density at radius 1 is 1.25 bits per heavy atom. The molecule has 1 amide bonds. The van der Waals surface area contributed by atoms with Crippen LogP contribution < -0.4 is 5.73 Å². The number of halogens is 1. The highest BCUT2D eigenvalue weighted by Gasteiger charge is 2.43. The molecule has 0 heterocycles. The van der Waals surface area contributed by atoms with Crippen molar-refractivity contribution in [3.8, 4) is 0 Å². The zero-order valence-electron chi connectivity index (χ0n) is 11.4. The third-order valence-electron chi connectivity index (χ3n) is 4.24. The fraction of sp³-hybridized carbons (Fsp3) is 0.467. The second kappa shape index (κ2) is 5.95. The van der Waals surface area contributed by atoms with E-state index in [1.807, 2.05) is 24.3 Å². The molecule has 0 aromatic heterocycles. The normalized spacial score (nSPS) is 26.0. The summed E-state index contributed by atoms with van der Waals surface area (Å²) in [6.07, 6.45) is 2.44. The van der Waals surface area contributed by atoms with Gasteiger partial charge in [-0.2, -0.15) is 0 Å². The average Bonchev–Trinajstić information content (AvgIpc) is 2.47. The van der Waals surface area contributed by atoms with E-state index in [2.05, 4.69) is 15.9 Å². The summed E-state index contributed by atoms with van der Waals surface area (Å²) >= 11 is 3.38. The quantitative estimate of drug-likeness (QED) is 0.860. The third kappa shape index (κ3) is 2.73. The summed E-state index contributed by atoms with van der Waals surface area (Å²) < 4.78 is 5.74. The third-order valence-corrected chi connectivity index (χ3v) is 4.77. The van der Waals surface area contributed by atoms with E-state index < -0.39 is 5.41 Å². The Balaban J connectivity index is 2.24. The van der Waals surface area contributed by atoms with Gasteiger partial charge in [-0.1, -0.05) is 28.1 Å². The number of carbonyl (C=O) groups excluding carboxylic acids is 2. The van der Waals surface area contributed by atoms with E-state index in [-0.39, 0.29) is 17.8 Å². The number of nitrogens with two attached hydrogens (primary N) is 1. The molecule has 20 heavy (non-hydrogen) atoms. The van der Waals surface area contributed by atoms with Gasteiger partial charge in [0.1, 0.15) is 0 Å². The highest BCUT2D eigenvalue weighted by molar-refractivity contribution is 9.10. The van der Waals surface area contributed by atoms with Crippen molar-refractivity contribution in [3.05, 3.63) is 34.3 Å². The number of hydrogen-bond donors (Lipinski definition) is 1. The van der Waals surface area contributed by atoms with Crippen molar-refractivity contribution in [2.45, 2.75) is 31.1 Å². The fourth-order valence-corrected chi connectivity index (χ4v) is 3.22. The number of ether oxygens (including phenoxy) is 1. The molecule has 4 nitrogen and oxygen atoms in total. The maximum absolute atomic E-state index is 12.0. The lowest BCUT2D eigenvalue weighted by molar-refractivity contribution is -0.147. The molecule has 108 valence electrons. The molecule has 1 aromatic carbocycles. The maximum Gasteiger partial charge on any atom is 0.308 e. The van der Waals surface area contributed by atoms with E-state index in [9.17, 15) is 9.59 Å².